The van der Waals surface area contributed by atoms with Crippen LogP contribution in [0.15, 0.2) is 79.4 Å². The Morgan fingerprint density at radius 1 is 1.04 bits per heavy atom. The summed E-state index contributed by atoms with van der Waals surface area (Å²) < 4.78 is -0.609. The van der Waals surface area contributed by atoms with Crippen LogP contribution in [0.3, 0.4) is 0 Å². The van der Waals surface area contributed by atoms with Crippen molar-refractivity contribution in [2.45, 2.75) is 63.1 Å². The number of hydrogen-bond donors (Lipinski definition) is 4. The first-order chi connectivity index (χ1) is 21.4. The van der Waals surface area contributed by atoms with Gasteiger partial charge in [0.25, 0.3) is 11.8 Å². The number of amides is 4. The van der Waals surface area contributed by atoms with E-state index in [9.17, 15) is 24.3 Å². The van der Waals surface area contributed by atoms with Gasteiger partial charge < -0.3 is 26.0 Å². The van der Waals surface area contributed by atoms with Crippen molar-refractivity contribution in [3.8, 4) is 0 Å². The molecule has 1 saturated heterocycles. The number of pyridine rings is 1. The minimum atomic E-state index is -1.66. The zero-order valence-corrected chi connectivity index (χ0v) is 26.8. The summed E-state index contributed by atoms with van der Waals surface area (Å²) in [6.45, 7) is 11.2. The molecule has 11 heteroatoms. The van der Waals surface area contributed by atoms with Crippen molar-refractivity contribution < 1.29 is 24.3 Å². The van der Waals surface area contributed by atoms with E-state index in [1.165, 1.54) is 16.7 Å². The lowest BCUT2D eigenvalue weighted by molar-refractivity contribution is -0.147. The fraction of sp³-hybridized carbons (Fsp3) is 0.382. The molecule has 10 nitrogen and oxygen atoms in total. The summed E-state index contributed by atoms with van der Waals surface area (Å²) in [5.41, 5.74) is 1.61. The molecule has 0 radical (unpaired) electrons. The molecule has 0 bridgehead atoms. The van der Waals surface area contributed by atoms with E-state index in [4.69, 9.17) is 0 Å². The Kier molecular flexibility index (Phi) is 11.0. The molecule has 4 rings (SSSR count). The van der Waals surface area contributed by atoms with Gasteiger partial charge in [-0.3, -0.25) is 19.2 Å². The highest BCUT2D eigenvalue weighted by atomic mass is 32.2. The van der Waals surface area contributed by atoms with Gasteiger partial charge in [-0.2, -0.15) is 0 Å². The van der Waals surface area contributed by atoms with E-state index >= 15 is 0 Å². The number of nitrogens with one attached hydrogen (secondary N) is 3. The molecular formula is C34H41N5O5S. The van der Waals surface area contributed by atoms with Crippen LogP contribution in [0.2, 0.25) is 0 Å². The Labute approximate surface area is 268 Å². The largest absolute Gasteiger partial charge is 0.381 e. The van der Waals surface area contributed by atoms with Gasteiger partial charge in [0.2, 0.25) is 11.8 Å². The van der Waals surface area contributed by atoms with Gasteiger partial charge in [-0.15, -0.1) is 18.3 Å². The van der Waals surface area contributed by atoms with E-state index in [1.807, 2.05) is 62.4 Å². The van der Waals surface area contributed by atoms with Gasteiger partial charge in [0.1, 0.15) is 17.8 Å². The minimum absolute atomic E-state index is 0.141. The van der Waals surface area contributed by atoms with Crippen LogP contribution in [0.25, 0.3) is 10.9 Å². The van der Waals surface area contributed by atoms with Crippen LogP contribution in [-0.4, -0.2) is 80.0 Å². The third-order valence-corrected chi connectivity index (χ3v) is 9.20. The molecule has 45 heavy (non-hydrogen) atoms. The molecule has 4 N–H and O–H groups in total. The number of carbonyl (C=O) groups excluding carboxylic acids is 4. The third-order valence-electron chi connectivity index (χ3n) is 7.82. The Morgan fingerprint density at radius 3 is 2.42 bits per heavy atom. The van der Waals surface area contributed by atoms with Gasteiger partial charge >= 0.3 is 0 Å². The fourth-order valence-electron chi connectivity index (χ4n) is 5.35. The molecule has 1 fully saturated rings. The lowest BCUT2D eigenvalue weighted by Crippen LogP contribution is -2.60. The smallest absolute Gasteiger partial charge is 0.270 e. The first-order valence-electron chi connectivity index (χ1n) is 14.9. The number of carbonyl (C=O) groups is 4. The van der Waals surface area contributed by atoms with Crippen LogP contribution in [-0.2, 0) is 20.8 Å². The van der Waals surface area contributed by atoms with Crippen LogP contribution >= 0.6 is 11.8 Å². The molecule has 2 heterocycles. The second-order valence-corrected chi connectivity index (χ2v) is 13.6. The van der Waals surface area contributed by atoms with E-state index in [1.54, 1.807) is 38.1 Å². The Hall–Kier alpha value is -4.22. The zero-order chi connectivity index (χ0) is 32.7. The van der Waals surface area contributed by atoms with Crippen LogP contribution in [0.1, 0.15) is 43.7 Å². The maximum absolute atomic E-state index is 13.8. The number of rotatable bonds is 12. The number of benzene rings is 2. The molecule has 0 spiro atoms. The minimum Gasteiger partial charge on any atom is -0.381 e. The summed E-state index contributed by atoms with van der Waals surface area (Å²) in [5.74, 6) is -2.21. The lowest BCUT2D eigenvalue weighted by atomic mass is 9.96. The number of aliphatic hydroxyl groups excluding tert-OH is 1. The number of para-hydroxylation sites is 1. The van der Waals surface area contributed by atoms with Crippen LogP contribution in [0.4, 0.5) is 0 Å². The first kappa shape index (κ1) is 33.7. The first-order valence-corrected chi connectivity index (χ1v) is 15.9. The van der Waals surface area contributed by atoms with E-state index in [-0.39, 0.29) is 36.4 Å². The maximum atomic E-state index is 13.8. The average molecular weight is 632 g/mol. The number of nitrogens with zero attached hydrogens (tertiary/aromatic N) is 2. The topological polar surface area (TPSA) is 141 Å². The van der Waals surface area contributed by atoms with E-state index in [0.717, 1.165) is 10.9 Å². The molecular weight excluding hydrogens is 590 g/mol. The molecule has 1 aliphatic rings. The lowest BCUT2D eigenvalue weighted by Gasteiger charge is -2.34. The molecule has 1 aliphatic heterocycles. The molecule has 3 aromatic rings. The van der Waals surface area contributed by atoms with Gasteiger partial charge in [-0.05, 0) is 43.9 Å². The SMILES string of the molecule is C=CCNC(=O)C1N(C(=O)C(O)C(Cc2ccccc2)NC(=O)C(NC(=O)c2ccc3ccccc3n2)C(C)C)CSC1(C)C. The highest BCUT2D eigenvalue weighted by Gasteiger charge is 2.49. The predicted molar refractivity (Wildman–Crippen MR) is 176 cm³/mol. The van der Waals surface area contributed by atoms with Crippen molar-refractivity contribution in [2.24, 2.45) is 5.92 Å². The highest BCUT2D eigenvalue weighted by Crippen LogP contribution is 2.39. The molecule has 4 unspecified atom stereocenters. The van der Waals surface area contributed by atoms with E-state index in [2.05, 4.69) is 27.5 Å². The highest BCUT2D eigenvalue weighted by molar-refractivity contribution is 8.00. The summed E-state index contributed by atoms with van der Waals surface area (Å²) >= 11 is 1.43. The van der Waals surface area contributed by atoms with Crippen molar-refractivity contribution in [3.05, 3.63) is 90.6 Å². The summed E-state index contributed by atoms with van der Waals surface area (Å²) in [5, 5.41) is 20.8. The monoisotopic (exact) mass is 631 g/mol. The standard InChI is InChI=1S/C34H41N5O5S/c1-6-18-35-32(43)29-34(4,5)45-20-39(29)33(44)28(40)26(19-22-12-8-7-9-13-22)37-31(42)27(21(2)3)38-30(41)25-17-16-23-14-10-11-15-24(23)36-25/h6-17,21,26-29,40H,1,18-20H2,2-5H3,(H,35,43)(H,37,42)(H,38,41). The molecule has 238 valence electrons. The van der Waals surface area contributed by atoms with Gasteiger partial charge in [0.15, 0.2) is 6.10 Å². The van der Waals surface area contributed by atoms with Gasteiger partial charge in [0, 0.05) is 16.7 Å². The van der Waals surface area contributed by atoms with Gasteiger partial charge in [-0.25, -0.2) is 4.98 Å². The second kappa shape index (κ2) is 14.7. The summed E-state index contributed by atoms with van der Waals surface area (Å²) in [4.78, 5) is 59.7. The number of fused-ring (bicyclic) bond motifs is 1. The molecule has 4 amide bonds. The molecule has 0 saturated carbocycles. The Bertz CT molecular complexity index is 1550. The van der Waals surface area contributed by atoms with Crippen LogP contribution in [0.5, 0.6) is 0 Å². The van der Waals surface area contributed by atoms with E-state index in [0.29, 0.717) is 5.52 Å². The predicted octanol–water partition coefficient (Wildman–Crippen LogP) is 3.06. The van der Waals surface area contributed by atoms with Crippen LogP contribution < -0.4 is 16.0 Å². The van der Waals surface area contributed by atoms with Crippen molar-refractivity contribution in [1.29, 1.82) is 0 Å². The summed E-state index contributed by atoms with van der Waals surface area (Å²) in [6, 6.07) is 17.1. The summed E-state index contributed by atoms with van der Waals surface area (Å²) in [7, 11) is 0. The number of aromatic nitrogens is 1. The average Bonchev–Trinajstić information content (AvgIpc) is 3.35. The fourth-order valence-corrected chi connectivity index (χ4v) is 6.49. The van der Waals surface area contributed by atoms with Gasteiger partial charge in [-0.1, -0.05) is 74.5 Å². The van der Waals surface area contributed by atoms with E-state index < -0.39 is 46.7 Å². The zero-order valence-electron chi connectivity index (χ0n) is 26.0. The van der Waals surface area contributed by atoms with Gasteiger partial charge in [0.05, 0.1) is 17.4 Å². The number of thioether (sulfide) groups is 1. The normalized spacial score (nSPS) is 17.7. The molecule has 4 atom stereocenters. The van der Waals surface area contributed by atoms with Crippen molar-refractivity contribution in [3.63, 3.8) is 0 Å². The quantitative estimate of drug-likeness (QED) is 0.225. The van der Waals surface area contributed by atoms with Crippen molar-refractivity contribution in [1.82, 2.24) is 25.8 Å². The second-order valence-electron chi connectivity index (χ2n) is 12.0. The third kappa shape index (κ3) is 8.09. The van der Waals surface area contributed by atoms with Crippen molar-refractivity contribution in [2.75, 3.05) is 12.4 Å². The molecule has 1 aromatic heterocycles. The number of hydrogen-bond acceptors (Lipinski definition) is 7. The van der Waals surface area contributed by atoms with Crippen molar-refractivity contribution >= 4 is 46.3 Å². The molecule has 2 aromatic carbocycles. The molecule has 0 aliphatic carbocycles. The summed E-state index contributed by atoms with van der Waals surface area (Å²) in [6.07, 6.45) is 0.0331. The maximum Gasteiger partial charge on any atom is 0.270 e. The Morgan fingerprint density at radius 2 is 1.73 bits per heavy atom. The van der Waals surface area contributed by atoms with Crippen LogP contribution in [0, 0.1) is 5.92 Å². The number of aliphatic hydroxyl groups is 1. The Balaban J connectivity index is 1.56.